The Labute approximate surface area is 144 Å². The lowest BCUT2D eigenvalue weighted by molar-refractivity contribution is 0.285. The van der Waals surface area contributed by atoms with Gasteiger partial charge in [-0.15, -0.1) is 5.10 Å². The van der Waals surface area contributed by atoms with E-state index in [1.165, 1.54) is 5.56 Å². The molecule has 5 heteroatoms. The van der Waals surface area contributed by atoms with E-state index in [0.29, 0.717) is 29.8 Å². The van der Waals surface area contributed by atoms with Crippen LogP contribution in [0.2, 0.25) is 0 Å². The highest BCUT2D eigenvalue weighted by Gasteiger charge is 2.19. The summed E-state index contributed by atoms with van der Waals surface area (Å²) in [6, 6.07) is 8.63. The molecule has 1 aromatic heterocycles. The molecule has 2 aromatic rings. The molecule has 0 radical (unpaired) electrons. The van der Waals surface area contributed by atoms with E-state index in [1.54, 1.807) is 4.68 Å². The van der Waals surface area contributed by atoms with Crippen LogP contribution in [-0.2, 0) is 6.61 Å². The number of benzene rings is 1. The number of nitrogens with two attached hydrogens (primary N) is 1. The fourth-order valence-electron chi connectivity index (χ4n) is 2.49. The second kappa shape index (κ2) is 7.39. The SMILES string of the molecule is CC[C@@H](C)n1nc(OCc2cc(C(C)C)ccc2C)c(C#N)c1N. The number of nitriles is 1. The number of hydrogen-bond donors (Lipinski definition) is 1. The predicted molar refractivity (Wildman–Crippen MR) is 96.0 cm³/mol. The Morgan fingerprint density at radius 3 is 2.62 bits per heavy atom. The number of rotatable bonds is 6. The van der Waals surface area contributed by atoms with Gasteiger partial charge in [0.2, 0.25) is 0 Å². The van der Waals surface area contributed by atoms with E-state index in [-0.39, 0.29) is 6.04 Å². The van der Waals surface area contributed by atoms with E-state index in [1.807, 2.05) is 6.92 Å². The third-order valence-corrected chi connectivity index (χ3v) is 4.44. The Morgan fingerprint density at radius 1 is 1.33 bits per heavy atom. The van der Waals surface area contributed by atoms with Crippen LogP contribution in [0.5, 0.6) is 5.88 Å². The molecule has 0 aliphatic heterocycles. The van der Waals surface area contributed by atoms with Crippen molar-refractivity contribution in [2.75, 3.05) is 5.73 Å². The second-order valence-corrected chi connectivity index (χ2v) is 6.51. The fourth-order valence-corrected chi connectivity index (χ4v) is 2.49. The lowest BCUT2D eigenvalue weighted by Crippen LogP contribution is -2.09. The molecule has 2 N–H and O–H groups in total. The molecule has 128 valence electrons. The summed E-state index contributed by atoms with van der Waals surface area (Å²) >= 11 is 0. The third kappa shape index (κ3) is 3.53. The molecule has 0 saturated heterocycles. The summed E-state index contributed by atoms with van der Waals surface area (Å²) in [4.78, 5) is 0. The number of nitrogen functional groups attached to an aromatic ring is 1. The predicted octanol–water partition coefficient (Wildman–Crippen LogP) is 4.32. The maximum atomic E-state index is 9.37. The minimum Gasteiger partial charge on any atom is -0.471 e. The minimum atomic E-state index is 0.125. The van der Waals surface area contributed by atoms with Crippen LogP contribution in [0.15, 0.2) is 18.2 Å². The zero-order valence-corrected chi connectivity index (χ0v) is 15.1. The summed E-state index contributed by atoms with van der Waals surface area (Å²) in [5, 5.41) is 13.8. The molecule has 1 heterocycles. The molecule has 0 amide bonds. The largest absolute Gasteiger partial charge is 0.471 e. The first-order valence-electron chi connectivity index (χ1n) is 8.39. The van der Waals surface area contributed by atoms with Crippen molar-refractivity contribution in [2.45, 2.75) is 59.6 Å². The number of ether oxygens (including phenoxy) is 1. The molecule has 1 aromatic carbocycles. The van der Waals surface area contributed by atoms with E-state index in [9.17, 15) is 5.26 Å². The van der Waals surface area contributed by atoms with Crippen LogP contribution in [0.1, 0.15) is 68.3 Å². The Bertz CT molecular complexity index is 755. The molecular formula is C19H26N4O. The van der Waals surface area contributed by atoms with Crippen LogP contribution in [-0.4, -0.2) is 9.78 Å². The van der Waals surface area contributed by atoms with Gasteiger partial charge in [-0.05, 0) is 42.9 Å². The van der Waals surface area contributed by atoms with Gasteiger partial charge in [-0.3, -0.25) is 0 Å². The van der Waals surface area contributed by atoms with Gasteiger partial charge in [-0.1, -0.05) is 39.0 Å². The molecule has 0 aliphatic rings. The topological polar surface area (TPSA) is 76.9 Å². The zero-order valence-electron chi connectivity index (χ0n) is 15.1. The van der Waals surface area contributed by atoms with Gasteiger partial charge in [-0.2, -0.15) is 5.26 Å². The Kier molecular flexibility index (Phi) is 5.50. The van der Waals surface area contributed by atoms with E-state index in [4.69, 9.17) is 10.5 Å². The van der Waals surface area contributed by atoms with E-state index >= 15 is 0 Å². The number of nitrogens with zero attached hydrogens (tertiary/aromatic N) is 3. The first-order chi connectivity index (χ1) is 11.4. The van der Waals surface area contributed by atoms with Crippen LogP contribution in [0.25, 0.3) is 0 Å². The molecular weight excluding hydrogens is 300 g/mol. The normalized spacial score (nSPS) is 12.2. The first-order valence-corrected chi connectivity index (χ1v) is 8.39. The lowest BCUT2D eigenvalue weighted by Gasteiger charge is -2.12. The number of aromatic nitrogens is 2. The van der Waals surface area contributed by atoms with Gasteiger partial charge in [0.15, 0.2) is 5.56 Å². The second-order valence-electron chi connectivity index (χ2n) is 6.51. The highest BCUT2D eigenvalue weighted by molar-refractivity contribution is 5.55. The van der Waals surface area contributed by atoms with Crippen molar-refractivity contribution in [3.63, 3.8) is 0 Å². The van der Waals surface area contributed by atoms with Crippen LogP contribution in [0, 0.1) is 18.3 Å². The summed E-state index contributed by atoms with van der Waals surface area (Å²) in [6.07, 6.45) is 0.881. The average molecular weight is 326 g/mol. The van der Waals surface area contributed by atoms with Crippen molar-refractivity contribution < 1.29 is 4.74 Å². The summed E-state index contributed by atoms with van der Waals surface area (Å²) < 4.78 is 7.52. The van der Waals surface area contributed by atoms with Crippen molar-refractivity contribution in [3.05, 3.63) is 40.5 Å². The van der Waals surface area contributed by atoms with Gasteiger partial charge in [0.1, 0.15) is 18.5 Å². The standard InChI is InChI=1S/C19H26N4O/c1-6-14(5)23-18(21)17(10-20)19(22-23)24-11-16-9-15(12(2)3)8-7-13(16)4/h7-9,12,14H,6,11,21H2,1-5H3/t14-/m1/s1. The van der Waals surface area contributed by atoms with Gasteiger partial charge >= 0.3 is 0 Å². The van der Waals surface area contributed by atoms with Crippen LogP contribution in [0.3, 0.4) is 0 Å². The van der Waals surface area contributed by atoms with Crippen molar-refractivity contribution in [1.29, 1.82) is 5.26 Å². The first kappa shape index (κ1) is 17.9. The van der Waals surface area contributed by atoms with Crippen molar-refractivity contribution >= 4 is 5.82 Å². The maximum absolute atomic E-state index is 9.37. The molecule has 5 nitrogen and oxygen atoms in total. The van der Waals surface area contributed by atoms with Crippen molar-refractivity contribution in [1.82, 2.24) is 9.78 Å². The minimum absolute atomic E-state index is 0.125. The van der Waals surface area contributed by atoms with Gasteiger partial charge in [0.25, 0.3) is 5.88 Å². The molecule has 0 saturated carbocycles. The van der Waals surface area contributed by atoms with E-state index in [0.717, 1.165) is 17.5 Å². The lowest BCUT2D eigenvalue weighted by atomic mass is 9.98. The van der Waals surface area contributed by atoms with Gasteiger partial charge < -0.3 is 10.5 Å². The van der Waals surface area contributed by atoms with Gasteiger partial charge in [-0.25, -0.2) is 4.68 Å². The smallest absolute Gasteiger partial charge is 0.253 e. The third-order valence-electron chi connectivity index (χ3n) is 4.44. The van der Waals surface area contributed by atoms with Crippen molar-refractivity contribution in [3.8, 4) is 11.9 Å². The van der Waals surface area contributed by atoms with Crippen LogP contribution in [0.4, 0.5) is 5.82 Å². The molecule has 1 atom stereocenters. The molecule has 24 heavy (non-hydrogen) atoms. The highest BCUT2D eigenvalue weighted by Crippen LogP contribution is 2.28. The number of aryl methyl sites for hydroxylation is 1. The van der Waals surface area contributed by atoms with Gasteiger partial charge in [0.05, 0.1) is 6.04 Å². The highest BCUT2D eigenvalue weighted by atomic mass is 16.5. The van der Waals surface area contributed by atoms with Crippen LogP contribution < -0.4 is 10.5 Å². The molecule has 0 spiro atoms. The molecule has 0 bridgehead atoms. The van der Waals surface area contributed by atoms with Gasteiger partial charge in [0, 0.05) is 0 Å². The summed E-state index contributed by atoms with van der Waals surface area (Å²) in [6.45, 7) is 10.8. The molecule has 0 unspecified atom stereocenters. The Morgan fingerprint density at radius 2 is 2.04 bits per heavy atom. The maximum Gasteiger partial charge on any atom is 0.253 e. The Hall–Kier alpha value is -2.48. The van der Waals surface area contributed by atoms with E-state index in [2.05, 4.69) is 57.1 Å². The number of hydrogen-bond acceptors (Lipinski definition) is 4. The number of anilines is 1. The summed E-state index contributed by atoms with van der Waals surface area (Å²) in [5.41, 5.74) is 9.89. The molecule has 2 rings (SSSR count). The van der Waals surface area contributed by atoms with Crippen LogP contribution >= 0.6 is 0 Å². The quantitative estimate of drug-likeness (QED) is 0.857. The molecule has 0 aliphatic carbocycles. The summed E-state index contributed by atoms with van der Waals surface area (Å²) in [5.74, 6) is 1.14. The Balaban J connectivity index is 2.27. The zero-order chi connectivity index (χ0) is 17.9. The summed E-state index contributed by atoms with van der Waals surface area (Å²) in [7, 11) is 0. The fraction of sp³-hybridized carbons (Fsp3) is 0.474. The van der Waals surface area contributed by atoms with Crippen molar-refractivity contribution in [2.24, 2.45) is 0 Å². The molecule has 0 fully saturated rings. The van der Waals surface area contributed by atoms with E-state index < -0.39 is 0 Å². The monoisotopic (exact) mass is 326 g/mol. The average Bonchev–Trinajstić information content (AvgIpc) is 2.88.